The number of primary amides is 1. The Labute approximate surface area is 227 Å². The number of nitrogens with two attached hydrogens (primary N) is 2. The third kappa shape index (κ3) is 3.32. The number of amides is 2. The van der Waals surface area contributed by atoms with Gasteiger partial charge in [0.05, 0.1) is 6.04 Å². The topological polar surface area (TPSA) is 172 Å². The molecule has 1 spiro atoms. The standard InChI is InChI=1S/C28H25FN6O5/c1-11(2)20-26-35-21(25-32-18(10-38-25)23(31)36)22(40-26)28-14-9-13(29)4-5-17(14)33-27(28)39-19-6-3-12(7-15(19)28)8-16(30)24(37)34-20/h3-7,9-11,16,20,27,33H,8,30H2,1-2H3,(H2,31,36)(H,34,37)/t16-,20-,27+,28-/m0/s1. The summed E-state index contributed by atoms with van der Waals surface area (Å²) < 4.78 is 33.5. The first-order valence-corrected chi connectivity index (χ1v) is 12.9. The minimum Gasteiger partial charge on any atom is -0.469 e. The third-order valence-electron chi connectivity index (χ3n) is 7.78. The summed E-state index contributed by atoms with van der Waals surface area (Å²) in [6.45, 7) is 3.81. The molecule has 5 heterocycles. The van der Waals surface area contributed by atoms with Crippen molar-refractivity contribution in [1.82, 2.24) is 15.3 Å². The van der Waals surface area contributed by atoms with Crippen molar-refractivity contribution < 1.29 is 27.6 Å². The number of nitrogens with zero attached hydrogens (tertiary/aromatic N) is 2. The minimum atomic E-state index is -1.24. The van der Waals surface area contributed by atoms with Crippen LogP contribution in [0.2, 0.25) is 0 Å². The highest BCUT2D eigenvalue weighted by Gasteiger charge is 2.61. The van der Waals surface area contributed by atoms with Gasteiger partial charge in [0.15, 0.2) is 23.4 Å². The van der Waals surface area contributed by atoms with Gasteiger partial charge < -0.3 is 35.7 Å². The summed E-state index contributed by atoms with van der Waals surface area (Å²) in [5, 5.41) is 6.33. The van der Waals surface area contributed by atoms with Gasteiger partial charge in [-0.25, -0.2) is 14.4 Å². The summed E-state index contributed by atoms with van der Waals surface area (Å²) in [4.78, 5) is 34.0. The summed E-state index contributed by atoms with van der Waals surface area (Å²) in [6.07, 6.45) is 0.649. The molecule has 2 aromatic heterocycles. The van der Waals surface area contributed by atoms with Crippen LogP contribution < -0.4 is 26.8 Å². The molecule has 0 fully saturated rings. The molecule has 3 aliphatic heterocycles. The fourth-order valence-corrected chi connectivity index (χ4v) is 5.87. The smallest absolute Gasteiger partial charge is 0.270 e. The van der Waals surface area contributed by atoms with E-state index >= 15 is 0 Å². The monoisotopic (exact) mass is 544 g/mol. The predicted octanol–water partition coefficient (Wildman–Crippen LogP) is 2.74. The number of carbonyl (C=O) groups excluding carboxylic acids is 2. The van der Waals surface area contributed by atoms with E-state index < -0.39 is 35.5 Å². The molecule has 4 aromatic rings. The molecular formula is C28H25FN6O5. The van der Waals surface area contributed by atoms with Crippen LogP contribution in [0.3, 0.4) is 0 Å². The number of halogens is 1. The second-order valence-corrected chi connectivity index (χ2v) is 10.6. The van der Waals surface area contributed by atoms with Gasteiger partial charge in [-0.3, -0.25) is 9.59 Å². The number of hydrogen-bond donors (Lipinski definition) is 4. The zero-order valence-corrected chi connectivity index (χ0v) is 21.5. The first-order chi connectivity index (χ1) is 19.2. The normalized spacial score (nSPS) is 24.3. The molecule has 4 atom stereocenters. The molecule has 12 heteroatoms. The molecule has 4 bridgehead atoms. The van der Waals surface area contributed by atoms with Gasteiger partial charge in [-0.15, -0.1) is 0 Å². The lowest BCUT2D eigenvalue weighted by atomic mass is 9.72. The number of benzene rings is 2. The molecule has 2 amide bonds. The van der Waals surface area contributed by atoms with Gasteiger partial charge in [0.25, 0.3) is 5.91 Å². The molecule has 6 N–H and O–H groups in total. The maximum atomic E-state index is 14.9. The van der Waals surface area contributed by atoms with Crippen molar-refractivity contribution in [1.29, 1.82) is 0 Å². The van der Waals surface area contributed by atoms with Gasteiger partial charge >= 0.3 is 0 Å². The number of oxazole rings is 2. The molecule has 0 saturated carbocycles. The minimum absolute atomic E-state index is 0.0261. The van der Waals surface area contributed by atoms with E-state index in [0.29, 0.717) is 22.6 Å². The number of anilines is 1. The quantitative estimate of drug-likeness (QED) is 0.303. The highest BCUT2D eigenvalue weighted by molar-refractivity contribution is 5.91. The van der Waals surface area contributed by atoms with Crippen LogP contribution in [0.1, 0.15) is 58.7 Å². The summed E-state index contributed by atoms with van der Waals surface area (Å²) >= 11 is 0. The Hall–Kier alpha value is -4.71. The Morgan fingerprint density at radius 3 is 2.73 bits per heavy atom. The average molecular weight is 545 g/mol. The van der Waals surface area contributed by atoms with Crippen molar-refractivity contribution in [2.45, 2.75) is 44.0 Å². The van der Waals surface area contributed by atoms with Crippen LogP contribution in [0.15, 0.2) is 51.5 Å². The fraction of sp³-hybridized carbons (Fsp3) is 0.286. The van der Waals surface area contributed by atoms with Crippen molar-refractivity contribution >= 4 is 17.5 Å². The second-order valence-electron chi connectivity index (χ2n) is 10.6. The second kappa shape index (κ2) is 8.39. The molecule has 11 nitrogen and oxygen atoms in total. The van der Waals surface area contributed by atoms with E-state index in [0.717, 1.165) is 11.8 Å². The van der Waals surface area contributed by atoms with Crippen LogP contribution in [-0.4, -0.2) is 34.1 Å². The van der Waals surface area contributed by atoms with E-state index in [1.807, 2.05) is 26.0 Å². The van der Waals surface area contributed by atoms with Crippen molar-refractivity contribution in [3.8, 4) is 17.3 Å². The Morgan fingerprint density at radius 2 is 1.98 bits per heavy atom. The van der Waals surface area contributed by atoms with Gasteiger partial charge in [0.2, 0.25) is 17.7 Å². The number of aromatic nitrogens is 2. The SMILES string of the molecule is CC(C)[C@@H]1NC(=O)[C@@H](N)Cc2ccc3c(c2)[C@@]2(c4cc(F)ccc4N[C@@H]2O3)c2oc1nc2-c1nc(C(N)=O)co1. The molecule has 2 aromatic carbocycles. The zero-order chi connectivity index (χ0) is 27.9. The molecular weight excluding hydrogens is 519 g/mol. The molecule has 40 heavy (non-hydrogen) atoms. The molecule has 3 aliphatic rings. The third-order valence-corrected chi connectivity index (χ3v) is 7.78. The van der Waals surface area contributed by atoms with Gasteiger partial charge in [-0.1, -0.05) is 26.0 Å². The van der Waals surface area contributed by atoms with E-state index in [9.17, 15) is 14.0 Å². The lowest BCUT2D eigenvalue weighted by Gasteiger charge is -2.28. The van der Waals surface area contributed by atoms with Crippen LogP contribution in [-0.2, 0) is 16.6 Å². The van der Waals surface area contributed by atoms with Gasteiger partial charge in [0, 0.05) is 16.8 Å². The summed E-state index contributed by atoms with van der Waals surface area (Å²) in [5.41, 5.74) is 13.3. The first kappa shape index (κ1) is 24.3. The van der Waals surface area contributed by atoms with Crippen molar-refractivity contribution in [2.24, 2.45) is 17.4 Å². The Balaban J connectivity index is 1.59. The van der Waals surface area contributed by atoms with Gasteiger partial charge in [0.1, 0.15) is 29.3 Å². The van der Waals surface area contributed by atoms with Gasteiger partial charge in [-0.2, -0.15) is 0 Å². The Morgan fingerprint density at radius 1 is 1.15 bits per heavy atom. The molecule has 0 unspecified atom stereocenters. The number of fused-ring (bicyclic) bond motifs is 4. The number of carbonyl (C=O) groups is 2. The number of ether oxygens (including phenoxy) is 1. The number of hydrogen-bond acceptors (Lipinski definition) is 9. The van der Waals surface area contributed by atoms with Crippen LogP contribution in [0.5, 0.6) is 5.75 Å². The van der Waals surface area contributed by atoms with Crippen molar-refractivity contribution in [2.75, 3.05) is 5.32 Å². The van der Waals surface area contributed by atoms with Crippen LogP contribution >= 0.6 is 0 Å². The lowest BCUT2D eigenvalue weighted by Crippen LogP contribution is -2.45. The van der Waals surface area contributed by atoms with Crippen LogP contribution in [0, 0.1) is 11.7 Å². The number of rotatable bonds is 3. The number of nitrogens with one attached hydrogen (secondary N) is 2. The van der Waals surface area contributed by atoms with Crippen molar-refractivity contribution in [3.63, 3.8) is 0 Å². The van der Waals surface area contributed by atoms with E-state index in [1.54, 1.807) is 12.1 Å². The van der Waals surface area contributed by atoms with Crippen LogP contribution in [0.4, 0.5) is 10.1 Å². The van der Waals surface area contributed by atoms with Crippen LogP contribution in [0.25, 0.3) is 11.6 Å². The highest BCUT2D eigenvalue weighted by Crippen LogP contribution is 2.59. The maximum Gasteiger partial charge on any atom is 0.270 e. The maximum absolute atomic E-state index is 14.9. The summed E-state index contributed by atoms with van der Waals surface area (Å²) in [7, 11) is 0. The predicted molar refractivity (Wildman–Crippen MR) is 139 cm³/mol. The fourth-order valence-electron chi connectivity index (χ4n) is 5.87. The largest absolute Gasteiger partial charge is 0.469 e. The average Bonchev–Trinajstić information content (AvgIpc) is 3.67. The Kier molecular flexibility index (Phi) is 5.11. The van der Waals surface area contributed by atoms with E-state index in [4.69, 9.17) is 30.0 Å². The van der Waals surface area contributed by atoms with E-state index in [1.165, 1.54) is 12.1 Å². The zero-order valence-electron chi connectivity index (χ0n) is 21.5. The molecule has 0 aliphatic carbocycles. The Bertz CT molecular complexity index is 1710. The highest BCUT2D eigenvalue weighted by atomic mass is 19.1. The van der Waals surface area contributed by atoms with E-state index in [2.05, 4.69) is 15.6 Å². The molecule has 7 rings (SSSR count). The summed E-state index contributed by atoms with van der Waals surface area (Å²) in [6, 6.07) is 8.45. The summed E-state index contributed by atoms with van der Waals surface area (Å²) in [5.74, 6) is -0.816. The van der Waals surface area contributed by atoms with E-state index in [-0.39, 0.29) is 47.2 Å². The lowest BCUT2D eigenvalue weighted by molar-refractivity contribution is -0.123. The molecule has 204 valence electrons. The molecule has 0 saturated heterocycles. The molecule has 0 radical (unpaired) electrons. The van der Waals surface area contributed by atoms with Gasteiger partial charge in [-0.05, 0) is 42.2 Å². The van der Waals surface area contributed by atoms with Crippen molar-refractivity contribution in [3.05, 3.63) is 82.5 Å². The first-order valence-electron chi connectivity index (χ1n) is 12.9.